The molecule has 0 spiro atoms. The van der Waals surface area contributed by atoms with Crippen LogP contribution in [0.3, 0.4) is 0 Å². The van der Waals surface area contributed by atoms with Gasteiger partial charge in [-0.25, -0.2) is 9.37 Å². The average Bonchev–Trinajstić information content (AvgIpc) is 2.70. The SMILES string of the molecule is CCSc1ccccc1C(=O)NCCn1cnc(-c2ccc(F)cc2)cc1=O. The Morgan fingerprint density at radius 3 is 2.64 bits per heavy atom. The largest absolute Gasteiger partial charge is 0.350 e. The zero-order chi connectivity index (χ0) is 19.9. The molecule has 0 unspecified atom stereocenters. The number of thioether (sulfide) groups is 1. The van der Waals surface area contributed by atoms with Crippen LogP contribution < -0.4 is 10.9 Å². The summed E-state index contributed by atoms with van der Waals surface area (Å²) in [6, 6.07) is 14.7. The normalized spacial score (nSPS) is 10.6. The molecule has 144 valence electrons. The lowest BCUT2D eigenvalue weighted by molar-refractivity contribution is 0.0949. The summed E-state index contributed by atoms with van der Waals surface area (Å²) >= 11 is 1.61. The topological polar surface area (TPSA) is 64.0 Å². The number of nitrogens with zero attached hydrogens (tertiary/aromatic N) is 2. The van der Waals surface area contributed by atoms with Crippen LogP contribution in [0.5, 0.6) is 0 Å². The van der Waals surface area contributed by atoms with Crippen molar-refractivity contribution >= 4 is 17.7 Å². The number of amides is 1. The number of rotatable bonds is 7. The van der Waals surface area contributed by atoms with E-state index in [0.29, 0.717) is 29.9 Å². The van der Waals surface area contributed by atoms with Crippen molar-refractivity contribution in [2.75, 3.05) is 12.3 Å². The molecule has 0 fully saturated rings. The molecule has 1 amide bonds. The van der Waals surface area contributed by atoms with Gasteiger partial charge in [0.1, 0.15) is 5.82 Å². The zero-order valence-electron chi connectivity index (χ0n) is 15.4. The second kappa shape index (κ2) is 9.32. The molecule has 2 aromatic carbocycles. The van der Waals surface area contributed by atoms with Gasteiger partial charge in [0.25, 0.3) is 11.5 Å². The molecule has 0 aliphatic carbocycles. The maximum absolute atomic E-state index is 13.0. The lowest BCUT2D eigenvalue weighted by Gasteiger charge is -2.10. The van der Waals surface area contributed by atoms with Crippen LogP contribution in [0.2, 0.25) is 0 Å². The molecule has 3 aromatic rings. The molecule has 1 aromatic heterocycles. The van der Waals surface area contributed by atoms with Crippen LogP contribution in [-0.2, 0) is 6.54 Å². The van der Waals surface area contributed by atoms with E-state index in [9.17, 15) is 14.0 Å². The molecule has 1 heterocycles. The maximum Gasteiger partial charge on any atom is 0.253 e. The number of carbonyl (C=O) groups is 1. The highest BCUT2D eigenvalue weighted by Gasteiger charge is 2.10. The number of carbonyl (C=O) groups excluding carboxylic acids is 1. The van der Waals surface area contributed by atoms with Crippen LogP contribution in [0, 0.1) is 5.82 Å². The van der Waals surface area contributed by atoms with Gasteiger partial charge in [-0.15, -0.1) is 11.8 Å². The first kappa shape index (κ1) is 19.8. The van der Waals surface area contributed by atoms with E-state index in [-0.39, 0.29) is 17.3 Å². The van der Waals surface area contributed by atoms with Crippen LogP contribution in [0.15, 0.2) is 70.6 Å². The smallest absolute Gasteiger partial charge is 0.253 e. The van der Waals surface area contributed by atoms with Gasteiger partial charge in [-0.2, -0.15) is 0 Å². The van der Waals surface area contributed by atoms with Gasteiger partial charge in [0.05, 0.1) is 17.6 Å². The maximum atomic E-state index is 13.0. The van der Waals surface area contributed by atoms with Gasteiger partial charge in [0, 0.05) is 29.6 Å². The van der Waals surface area contributed by atoms with Crippen LogP contribution in [0.4, 0.5) is 4.39 Å². The fourth-order valence-electron chi connectivity index (χ4n) is 2.69. The third-order valence-electron chi connectivity index (χ3n) is 4.09. The Hall–Kier alpha value is -2.93. The highest BCUT2D eigenvalue weighted by atomic mass is 32.2. The Morgan fingerprint density at radius 2 is 1.93 bits per heavy atom. The molecule has 28 heavy (non-hydrogen) atoms. The highest BCUT2D eigenvalue weighted by molar-refractivity contribution is 7.99. The Morgan fingerprint density at radius 1 is 1.18 bits per heavy atom. The van der Waals surface area contributed by atoms with Crippen molar-refractivity contribution in [1.82, 2.24) is 14.9 Å². The van der Waals surface area contributed by atoms with Crippen LogP contribution >= 0.6 is 11.8 Å². The van der Waals surface area contributed by atoms with Gasteiger partial charge in [-0.05, 0) is 42.2 Å². The minimum absolute atomic E-state index is 0.166. The van der Waals surface area contributed by atoms with Gasteiger partial charge in [-0.3, -0.25) is 14.2 Å². The monoisotopic (exact) mass is 397 g/mol. The number of benzene rings is 2. The lowest BCUT2D eigenvalue weighted by atomic mass is 10.1. The first-order valence-electron chi connectivity index (χ1n) is 8.91. The summed E-state index contributed by atoms with van der Waals surface area (Å²) in [5.74, 6) is 0.374. The Labute approximate surface area is 166 Å². The number of aromatic nitrogens is 2. The van der Waals surface area contributed by atoms with E-state index in [2.05, 4.69) is 10.3 Å². The van der Waals surface area contributed by atoms with Crippen LogP contribution in [-0.4, -0.2) is 27.8 Å². The summed E-state index contributed by atoms with van der Waals surface area (Å²) in [5.41, 5.74) is 1.55. The molecule has 0 saturated carbocycles. The second-order valence-electron chi connectivity index (χ2n) is 6.00. The summed E-state index contributed by atoms with van der Waals surface area (Å²) in [7, 11) is 0. The lowest BCUT2D eigenvalue weighted by Crippen LogP contribution is -2.31. The molecule has 1 N–H and O–H groups in total. The van der Waals surface area contributed by atoms with E-state index in [1.54, 1.807) is 30.0 Å². The predicted molar refractivity (Wildman–Crippen MR) is 109 cm³/mol. The van der Waals surface area contributed by atoms with Crippen molar-refractivity contribution in [3.63, 3.8) is 0 Å². The summed E-state index contributed by atoms with van der Waals surface area (Å²) < 4.78 is 14.4. The van der Waals surface area contributed by atoms with Crippen LogP contribution in [0.25, 0.3) is 11.3 Å². The summed E-state index contributed by atoms with van der Waals surface area (Å²) in [6.07, 6.45) is 1.44. The van der Waals surface area contributed by atoms with Crippen molar-refractivity contribution in [3.8, 4) is 11.3 Å². The molecule has 0 saturated heterocycles. The van der Waals surface area contributed by atoms with Gasteiger partial charge < -0.3 is 5.32 Å². The molecule has 0 aliphatic rings. The van der Waals surface area contributed by atoms with Gasteiger partial charge in [-0.1, -0.05) is 19.1 Å². The van der Waals surface area contributed by atoms with Crippen molar-refractivity contribution < 1.29 is 9.18 Å². The summed E-state index contributed by atoms with van der Waals surface area (Å²) in [4.78, 5) is 29.9. The van der Waals surface area contributed by atoms with Crippen molar-refractivity contribution in [2.24, 2.45) is 0 Å². The predicted octanol–water partition coefficient (Wildman–Crippen LogP) is 3.59. The van der Waals surface area contributed by atoms with E-state index < -0.39 is 0 Å². The Bertz CT molecular complexity index is 1020. The fourth-order valence-corrected chi connectivity index (χ4v) is 3.50. The van der Waals surface area contributed by atoms with Crippen molar-refractivity contribution in [1.29, 1.82) is 0 Å². The number of halogens is 1. The minimum Gasteiger partial charge on any atom is -0.350 e. The molecule has 5 nitrogen and oxygen atoms in total. The van der Waals surface area contributed by atoms with Crippen molar-refractivity contribution in [3.05, 3.63) is 82.7 Å². The highest BCUT2D eigenvalue weighted by Crippen LogP contribution is 2.22. The summed E-state index contributed by atoms with van der Waals surface area (Å²) in [6.45, 7) is 2.65. The van der Waals surface area contributed by atoms with Crippen LogP contribution in [0.1, 0.15) is 17.3 Å². The Balaban J connectivity index is 1.63. The molecule has 7 heteroatoms. The van der Waals surface area contributed by atoms with E-state index in [0.717, 1.165) is 10.6 Å². The van der Waals surface area contributed by atoms with Gasteiger partial charge in [0.15, 0.2) is 0 Å². The van der Waals surface area contributed by atoms with Crippen molar-refractivity contribution in [2.45, 2.75) is 18.4 Å². The number of hydrogen-bond donors (Lipinski definition) is 1. The zero-order valence-corrected chi connectivity index (χ0v) is 16.2. The third kappa shape index (κ3) is 4.86. The fraction of sp³-hybridized carbons (Fsp3) is 0.190. The van der Waals surface area contributed by atoms with Gasteiger partial charge in [0.2, 0.25) is 0 Å². The number of hydrogen-bond acceptors (Lipinski definition) is 4. The Kier molecular flexibility index (Phi) is 6.60. The first-order chi connectivity index (χ1) is 13.6. The molecular formula is C21H20FN3O2S. The minimum atomic E-state index is -0.341. The molecule has 0 aliphatic heterocycles. The van der Waals surface area contributed by atoms with E-state index in [4.69, 9.17) is 0 Å². The van der Waals surface area contributed by atoms with E-state index >= 15 is 0 Å². The molecule has 0 radical (unpaired) electrons. The average molecular weight is 397 g/mol. The summed E-state index contributed by atoms with van der Waals surface area (Å²) in [5, 5.41) is 2.84. The quantitative estimate of drug-likeness (QED) is 0.619. The molecular weight excluding hydrogens is 377 g/mol. The van der Waals surface area contributed by atoms with Gasteiger partial charge >= 0.3 is 0 Å². The van der Waals surface area contributed by atoms with E-state index in [1.165, 1.54) is 29.1 Å². The second-order valence-corrected chi connectivity index (χ2v) is 7.30. The molecule has 0 atom stereocenters. The third-order valence-corrected chi connectivity index (χ3v) is 5.04. The van der Waals surface area contributed by atoms with E-state index in [1.807, 2.05) is 25.1 Å². The number of nitrogens with one attached hydrogen (secondary N) is 1. The molecule has 0 bridgehead atoms. The first-order valence-corrected chi connectivity index (χ1v) is 9.89. The molecule has 3 rings (SSSR count). The standard InChI is InChI=1S/C21H20FN3O2S/c1-2-28-19-6-4-3-5-17(19)21(27)23-11-12-25-14-24-18(13-20(25)26)15-7-9-16(22)10-8-15/h3-10,13-14H,2,11-12H2,1H3,(H,23,27).